The number of Topliss-reactive ketones (excluding diaryl/α,β-unsaturated/α-hetero) is 2. The summed E-state index contributed by atoms with van der Waals surface area (Å²) in [6, 6.07) is 22.8. The van der Waals surface area contributed by atoms with E-state index in [0.717, 1.165) is 35.4 Å². The highest BCUT2D eigenvalue weighted by molar-refractivity contribution is 6.33. The van der Waals surface area contributed by atoms with E-state index in [1.807, 2.05) is 37.3 Å². The summed E-state index contributed by atoms with van der Waals surface area (Å²) in [4.78, 5) is 43.5. The van der Waals surface area contributed by atoms with Crippen molar-refractivity contribution in [2.45, 2.75) is 72.8 Å². The van der Waals surface area contributed by atoms with Gasteiger partial charge in [0.25, 0.3) is 5.91 Å². The number of ketones is 2. The zero-order valence-corrected chi connectivity index (χ0v) is 29.1. The molecule has 0 bridgehead atoms. The number of hydrogen-bond acceptors (Lipinski definition) is 6. The van der Waals surface area contributed by atoms with Gasteiger partial charge in [0.1, 0.15) is 0 Å². The summed E-state index contributed by atoms with van der Waals surface area (Å²) in [5.41, 5.74) is 5.39. The van der Waals surface area contributed by atoms with Crippen molar-refractivity contribution < 1.29 is 23.9 Å². The molecule has 2 aliphatic carbocycles. The van der Waals surface area contributed by atoms with Gasteiger partial charge in [-0.05, 0) is 66.0 Å². The average Bonchev–Trinajstić information content (AvgIpc) is 3.02. The van der Waals surface area contributed by atoms with Crippen LogP contribution in [0.1, 0.15) is 77.3 Å². The van der Waals surface area contributed by atoms with Crippen molar-refractivity contribution in [3.05, 3.63) is 111 Å². The number of ether oxygens (including phenoxy) is 2. The number of nitrogens with zero attached hydrogens (tertiary/aromatic N) is 1. The van der Waals surface area contributed by atoms with Crippen molar-refractivity contribution in [2.24, 2.45) is 10.8 Å². The Kier molecular flexibility index (Phi) is 9.27. The van der Waals surface area contributed by atoms with Crippen molar-refractivity contribution in [3.63, 3.8) is 0 Å². The van der Waals surface area contributed by atoms with Crippen molar-refractivity contribution in [3.8, 4) is 11.5 Å². The molecule has 0 saturated carbocycles. The lowest BCUT2D eigenvalue weighted by Crippen LogP contribution is -2.44. The molecular weight excluding hydrogens is 624 g/mol. The maximum atomic E-state index is 14.2. The summed E-state index contributed by atoms with van der Waals surface area (Å²) in [7, 11) is 0. The van der Waals surface area contributed by atoms with E-state index in [1.54, 1.807) is 30.3 Å². The molecule has 0 saturated heterocycles. The lowest BCUT2D eigenvalue weighted by molar-refractivity contribution is -0.120. The summed E-state index contributed by atoms with van der Waals surface area (Å²) in [6.45, 7) is 11.2. The lowest BCUT2D eigenvalue weighted by atomic mass is 9.63. The highest BCUT2D eigenvalue weighted by Gasteiger charge is 2.49. The van der Waals surface area contributed by atoms with Crippen LogP contribution in [0.2, 0.25) is 5.02 Å². The minimum absolute atomic E-state index is 0.0722. The maximum Gasteiger partial charge on any atom is 0.262 e. The van der Waals surface area contributed by atoms with Gasteiger partial charge in [0.05, 0.1) is 17.3 Å². The predicted molar refractivity (Wildman–Crippen MR) is 188 cm³/mol. The minimum Gasteiger partial charge on any atom is -0.490 e. The fourth-order valence-corrected chi connectivity index (χ4v) is 7.50. The first kappa shape index (κ1) is 33.5. The number of para-hydroxylation sites is 1. The van der Waals surface area contributed by atoms with E-state index in [-0.39, 0.29) is 34.9 Å². The number of allylic oxidation sites excluding steroid dienone is 4. The number of nitrogens with one attached hydrogen (secondary N) is 1. The molecule has 1 N–H and O–H groups in total. The predicted octanol–water partition coefficient (Wildman–Crippen LogP) is 8.64. The number of carbonyl (C=O) groups is 3. The molecule has 3 aliphatic rings. The topological polar surface area (TPSA) is 84.9 Å². The fourth-order valence-electron chi connectivity index (χ4n) is 7.32. The molecule has 3 aromatic rings. The number of halogens is 1. The van der Waals surface area contributed by atoms with Gasteiger partial charge in [0.2, 0.25) is 0 Å². The number of amides is 1. The molecule has 1 heterocycles. The van der Waals surface area contributed by atoms with Gasteiger partial charge in [-0.25, -0.2) is 0 Å². The third-order valence-corrected chi connectivity index (χ3v) is 9.64. The average molecular weight is 667 g/mol. The standard InChI is InChI=1S/C40H43ClN2O5/c1-6-47-34-18-26(16-17-33(34)48-24-35(46)42-28-15-11-10-14-27(28)41)36-37-29(19-39(2,3)21-31(37)44)43(23-25-12-8-7-9-13-25)30-20-40(4,5)22-32(45)38(30)36/h7-18,36H,6,19-24H2,1-5H3,(H,42,46). The monoisotopic (exact) mass is 666 g/mol. The summed E-state index contributed by atoms with van der Waals surface area (Å²) in [5.74, 6) is 0.101. The fraction of sp³-hybridized carbons (Fsp3) is 0.375. The van der Waals surface area contributed by atoms with Gasteiger partial charge in [0, 0.05) is 47.8 Å². The van der Waals surface area contributed by atoms with E-state index in [4.69, 9.17) is 21.1 Å². The molecule has 7 nitrogen and oxygen atoms in total. The van der Waals surface area contributed by atoms with Crippen LogP contribution in [0.4, 0.5) is 5.69 Å². The van der Waals surface area contributed by atoms with E-state index in [1.165, 1.54) is 0 Å². The smallest absolute Gasteiger partial charge is 0.262 e. The molecule has 48 heavy (non-hydrogen) atoms. The summed E-state index contributed by atoms with van der Waals surface area (Å²) in [5, 5.41) is 3.21. The first-order valence-corrected chi connectivity index (χ1v) is 17.0. The van der Waals surface area contributed by atoms with E-state index < -0.39 is 5.92 Å². The molecule has 6 rings (SSSR count). The Morgan fingerprint density at radius 1 is 0.812 bits per heavy atom. The van der Waals surface area contributed by atoms with Gasteiger partial charge in [-0.2, -0.15) is 0 Å². The van der Waals surface area contributed by atoms with Gasteiger partial charge in [-0.1, -0.05) is 87.8 Å². The zero-order chi connectivity index (χ0) is 34.2. The van der Waals surface area contributed by atoms with Gasteiger partial charge >= 0.3 is 0 Å². The summed E-state index contributed by atoms with van der Waals surface area (Å²) in [6.07, 6.45) is 2.26. The second-order valence-corrected chi connectivity index (χ2v) is 15.0. The Balaban J connectivity index is 1.41. The molecule has 1 aliphatic heterocycles. The van der Waals surface area contributed by atoms with E-state index in [0.29, 0.717) is 59.3 Å². The second kappa shape index (κ2) is 13.3. The van der Waals surface area contributed by atoms with Crippen LogP contribution < -0.4 is 14.8 Å². The highest BCUT2D eigenvalue weighted by Crippen LogP contribution is 2.55. The summed E-state index contributed by atoms with van der Waals surface area (Å²) >= 11 is 6.21. The number of benzene rings is 3. The lowest BCUT2D eigenvalue weighted by Gasteiger charge is -2.49. The van der Waals surface area contributed by atoms with E-state index in [2.05, 4.69) is 50.0 Å². The molecular formula is C40H43ClN2O5. The Morgan fingerprint density at radius 3 is 2.02 bits per heavy atom. The molecule has 3 aromatic carbocycles. The molecule has 0 atom stereocenters. The van der Waals surface area contributed by atoms with Crippen molar-refractivity contribution in [2.75, 3.05) is 18.5 Å². The van der Waals surface area contributed by atoms with Gasteiger partial charge < -0.3 is 19.7 Å². The second-order valence-electron chi connectivity index (χ2n) is 14.6. The van der Waals surface area contributed by atoms with Gasteiger partial charge in [-0.15, -0.1) is 0 Å². The van der Waals surface area contributed by atoms with Gasteiger partial charge in [-0.3, -0.25) is 14.4 Å². The molecule has 0 spiro atoms. The number of carbonyl (C=O) groups excluding carboxylic acids is 3. The van der Waals surface area contributed by atoms with Crippen LogP contribution in [0.25, 0.3) is 0 Å². The number of rotatable bonds is 9. The molecule has 0 radical (unpaired) electrons. The third kappa shape index (κ3) is 6.93. The Morgan fingerprint density at radius 2 is 1.42 bits per heavy atom. The third-order valence-electron chi connectivity index (χ3n) is 9.31. The molecule has 250 valence electrons. The van der Waals surface area contributed by atoms with Crippen molar-refractivity contribution >= 4 is 34.8 Å². The highest BCUT2D eigenvalue weighted by atomic mass is 35.5. The van der Waals surface area contributed by atoms with Crippen LogP contribution in [0, 0.1) is 10.8 Å². The van der Waals surface area contributed by atoms with Crippen molar-refractivity contribution in [1.82, 2.24) is 4.90 Å². The summed E-state index contributed by atoms with van der Waals surface area (Å²) < 4.78 is 12.0. The van der Waals surface area contributed by atoms with Crippen molar-refractivity contribution in [1.29, 1.82) is 0 Å². The maximum absolute atomic E-state index is 14.2. The largest absolute Gasteiger partial charge is 0.490 e. The van der Waals surface area contributed by atoms with Crippen LogP contribution in [0.15, 0.2) is 95.3 Å². The first-order valence-electron chi connectivity index (χ1n) is 16.6. The van der Waals surface area contributed by atoms with Crippen LogP contribution in [0.3, 0.4) is 0 Å². The molecule has 1 amide bonds. The molecule has 0 fully saturated rings. The number of hydrogen-bond donors (Lipinski definition) is 1. The van der Waals surface area contributed by atoms with Crippen LogP contribution in [-0.4, -0.2) is 35.6 Å². The van der Waals surface area contributed by atoms with Crippen LogP contribution in [0.5, 0.6) is 11.5 Å². The molecule has 0 aromatic heterocycles. The minimum atomic E-state index is -0.522. The van der Waals surface area contributed by atoms with Crippen LogP contribution in [-0.2, 0) is 20.9 Å². The van der Waals surface area contributed by atoms with Gasteiger partial charge in [0.15, 0.2) is 29.7 Å². The quantitative estimate of drug-likeness (QED) is 0.246. The Hall–Kier alpha value is -4.36. The van der Waals surface area contributed by atoms with E-state index >= 15 is 0 Å². The van der Waals surface area contributed by atoms with E-state index in [9.17, 15) is 14.4 Å². The first-order chi connectivity index (χ1) is 22.9. The Bertz CT molecular complexity index is 1770. The van der Waals surface area contributed by atoms with Crippen LogP contribution >= 0.6 is 11.6 Å². The molecule has 0 unspecified atom stereocenters. The number of anilines is 1. The Labute approximate surface area is 288 Å². The zero-order valence-electron chi connectivity index (χ0n) is 28.3. The SMILES string of the molecule is CCOc1cc(C2C3=C(CC(C)(C)CC3=O)N(Cc3ccccc3)C3=C2C(=O)CC(C)(C)C3)ccc1OCC(=O)Nc1ccccc1Cl. The molecule has 8 heteroatoms. The normalized spacial score (nSPS) is 18.8.